The normalized spacial score (nSPS) is 22.3. The second-order valence-corrected chi connectivity index (χ2v) is 12.3. The predicted octanol–water partition coefficient (Wildman–Crippen LogP) is 2.83. The number of likely N-dealkylation sites (N-methyl/N-ethyl adjacent to an activating group) is 1. The standard InChI is InChI=1S/C26H27F2N5O6S/c1-31-10-11-33(40(31,35)36)19-6-8-32(9-7-19)25(34)20-13-18(14-29)24(30-23(20)17-3-4-17)37-15-16-2-5-21-22(12-16)39-26(27,28)38-21/h2,5,12-13,17,19H,3-4,6-11,15H2,1H3. The number of likely N-dealkylation sites (tertiary alicyclic amines) is 1. The highest BCUT2D eigenvalue weighted by atomic mass is 32.2. The van der Waals surface area contributed by atoms with Gasteiger partial charge in [-0.3, -0.25) is 4.79 Å². The second-order valence-electron chi connectivity index (χ2n) is 10.4. The lowest BCUT2D eigenvalue weighted by Crippen LogP contribution is -2.48. The molecular formula is C26H27F2N5O6S. The molecule has 4 heterocycles. The Bertz CT molecular complexity index is 1500. The summed E-state index contributed by atoms with van der Waals surface area (Å²) in [4.78, 5) is 19.9. The lowest BCUT2D eigenvalue weighted by molar-refractivity contribution is -0.286. The number of nitriles is 1. The van der Waals surface area contributed by atoms with E-state index in [0.717, 1.165) is 12.8 Å². The molecule has 14 heteroatoms. The Hall–Kier alpha value is -3.54. The first-order chi connectivity index (χ1) is 19.1. The number of hydrogen-bond acceptors (Lipinski definition) is 8. The first kappa shape index (κ1) is 26.7. The van der Waals surface area contributed by atoms with E-state index < -0.39 is 16.5 Å². The number of aromatic nitrogens is 1. The molecule has 0 N–H and O–H groups in total. The molecule has 0 spiro atoms. The predicted molar refractivity (Wildman–Crippen MR) is 135 cm³/mol. The van der Waals surface area contributed by atoms with Crippen molar-refractivity contribution < 1.29 is 36.2 Å². The van der Waals surface area contributed by atoms with Crippen LogP contribution >= 0.6 is 0 Å². The van der Waals surface area contributed by atoms with E-state index in [1.54, 1.807) is 18.0 Å². The van der Waals surface area contributed by atoms with Crippen LogP contribution in [-0.4, -0.2) is 78.4 Å². The number of pyridine rings is 1. The van der Waals surface area contributed by atoms with Gasteiger partial charge in [0.25, 0.3) is 16.1 Å². The average molecular weight is 576 g/mol. The van der Waals surface area contributed by atoms with Crippen molar-refractivity contribution in [1.82, 2.24) is 18.5 Å². The Morgan fingerprint density at radius 3 is 2.50 bits per heavy atom. The van der Waals surface area contributed by atoms with Crippen molar-refractivity contribution >= 4 is 16.1 Å². The van der Waals surface area contributed by atoms with Gasteiger partial charge in [-0.1, -0.05) is 6.07 Å². The highest BCUT2D eigenvalue weighted by Crippen LogP contribution is 2.43. The van der Waals surface area contributed by atoms with Crippen LogP contribution in [0.2, 0.25) is 0 Å². The molecule has 1 aromatic carbocycles. The summed E-state index contributed by atoms with van der Waals surface area (Å²) in [5.41, 5.74) is 1.51. The van der Waals surface area contributed by atoms with E-state index in [1.807, 2.05) is 6.07 Å². The number of hydrogen-bond donors (Lipinski definition) is 0. The van der Waals surface area contributed by atoms with E-state index in [4.69, 9.17) is 4.74 Å². The second kappa shape index (κ2) is 9.83. The van der Waals surface area contributed by atoms with Crippen LogP contribution in [0.5, 0.6) is 17.4 Å². The summed E-state index contributed by atoms with van der Waals surface area (Å²) in [5, 5.41) is 9.81. The summed E-state index contributed by atoms with van der Waals surface area (Å²) >= 11 is 0. The molecule has 0 bridgehead atoms. The first-order valence-corrected chi connectivity index (χ1v) is 14.4. The molecule has 212 valence electrons. The number of ether oxygens (including phenoxy) is 3. The molecule has 1 amide bonds. The lowest BCUT2D eigenvalue weighted by Gasteiger charge is -2.36. The maximum Gasteiger partial charge on any atom is 0.586 e. The highest BCUT2D eigenvalue weighted by molar-refractivity contribution is 7.87. The van der Waals surface area contributed by atoms with Crippen molar-refractivity contribution in [2.45, 2.75) is 50.5 Å². The third kappa shape index (κ3) is 4.93. The van der Waals surface area contributed by atoms with E-state index in [0.29, 0.717) is 55.8 Å². The minimum absolute atomic E-state index is 0.0611. The van der Waals surface area contributed by atoms with E-state index >= 15 is 0 Å². The van der Waals surface area contributed by atoms with Crippen LogP contribution in [0.15, 0.2) is 24.3 Å². The Morgan fingerprint density at radius 1 is 1.12 bits per heavy atom. The molecule has 40 heavy (non-hydrogen) atoms. The third-order valence-corrected chi connectivity index (χ3v) is 9.70. The molecule has 2 aromatic rings. The SMILES string of the molecule is CN1CCN(C2CCN(C(=O)c3cc(C#N)c(OCc4ccc5c(c4)OC(F)(F)O5)nc3C3CC3)CC2)S1(=O)=O. The number of carbonyl (C=O) groups excluding carboxylic acids is 1. The summed E-state index contributed by atoms with van der Waals surface area (Å²) in [5.74, 6) is -0.302. The van der Waals surface area contributed by atoms with Gasteiger partial charge in [-0.15, -0.1) is 8.78 Å². The molecule has 3 fully saturated rings. The third-order valence-electron chi connectivity index (χ3n) is 7.66. The zero-order valence-corrected chi connectivity index (χ0v) is 22.5. The van der Waals surface area contributed by atoms with Gasteiger partial charge >= 0.3 is 6.29 Å². The largest absolute Gasteiger partial charge is 0.586 e. The molecule has 1 saturated carbocycles. The van der Waals surface area contributed by atoms with Crippen molar-refractivity contribution in [2.75, 3.05) is 33.2 Å². The van der Waals surface area contributed by atoms with Gasteiger partial charge < -0.3 is 19.1 Å². The topological polar surface area (TPSA) is 125 Å². The van der Waals surface area contributed by atoms with E-state index in [9.17, 15) is 27.3 Å². The molecule has 6 rings (SSSR count). The quantitative estimate of drug-likeness (QED) is 0.515. The van der Waals surface area contributed by atoms with Crippen molar-refractivity contribution in [1.29, 1.82) is 5.26 Å². The van der Waals surface area contributed by atoms with Crippen molar-refractivity contribution in [2.24, 2.45) is 0 Å². The van der Waals surface area contributed by atoms with Gasteiger partial charge in [-0.25, -0.2) is 4.98 Å². The maximum absolute atomic E-state index is 13.6. The van der Waals surface area contributed by atoms with Crippen LogP contribution in [0.4, 0.5) is 8.78 Å². The number of amides is 1. The fourth-order valence-electron chi connectivity index (χ4n) is 5.32. The van der Waals surface area contributed by atoms with Crippen LogP contribution in [0.25, 0.3) is 0 Å². The fourth-order valence-corrected chi connectivity index (χ4v) is 6.89. The number of nitrogens with zero attached hydrogens (tertiary/aromatic N) is 5. The number of rotatable bonds is 6. The number of alkyl halides is 2. The molecule has 0 atom stereocenters. The summed E-state index contributed by atoms with van der Waals surface area (Å²) < 4.78 is 69.4. The van der Waals surface area contributed by atoms with E-state index in [1.165, 1.54) is 26.8 Å². The molecular weight excluding hydrogens is 548 g/mol. The molecule has 0 radical (unpaired) electrons. The summed E-state index contributed by atoms with van der Waals surface area (Å²) in [6.45, 7) is 1.62. The minimum atomic E-state index is -3.73. The minimum Gasteiger partial charge on any atom is -0.472 e. The average Bonchev–Trinajstić information content (AvgIpc) is 3.67. The van der Waals surface area contributed by atoms with Crippen molar-refractivity contribution in [3.8, 4) is 23.4 Å². The van der Waals surface area contributed by atoms with Gasteiger partial charge in [0.15, 0.2) is 11.5 Å². The molecule has 4 aliphatic rings. The zero-order valence-electron chi connectivity index (χ0n) is 21.7. The van der Waals surface area contributed by atoms with Crippen LogP contribution in [0, 0.1) is 11.3 Å². The van der Waals surface area contributed by atoms with E-state index in [2.05, 4.69) is 14.5 Å². The molecule has 11 nitrogen and oxygen atoms in total. The zero-order chi connectivity index (χ0) is 28.2. The van der Waals surface area contributed by atoms with Crippen LogP contribution < -0.4 is 14.2 Å². The van der Waals surface area contributed by atoms with Crippen LogP contribution in [-0.2, 0) is 16.8 Å². The van der Waals surface area contributed by atoms with E-state index in [-0.39, 0.29) is 47.4 Å². The van der Waals surface area contributed by atoms with Gasteiger partial charge in [0.05, 0.1) is 11.3 Å². The van der Waals surface area contributed by atoms with Gasteiger partial charge in [-0.05, 0) is 49.4 Å². The molecule has 3 aliphatic heterocycles. The smallest absolute Gasteiger partial charge is 0.472 e. The number of benzene rings is 1. The molecule has 1 aromatic heterocycles. The monoisotopic (exact) mass is 575 g/mol. The van der Waals surface area contributed by atoms with Gasteiger partial charge in [-0.2, -0.15) is 22.3 Å². The Kier molecular flexibility index (Phi) is 6.55. The number of carbonyl (C=O) groups is 1. The maximum atomic E-state index is 13.6. The Balaban J connectivity index is 1.17. The summed E-state index contributed by atoms with van der Waals surface area (Å²) in [7, 11) is -1.89. The number of piperidine rings is 1. The van der Waals surface area contributed by atoms with Crippen molar-refractivity contribution in [3.05, 3.63) is 46.6 Å². The Morgan fingerprint density at radius 2 is 1.85 bits per heavy atom. The molecule has 2 saturated heterocycles. The van der Waals surface area contributed by atoms with Gasteiger partial charge in [0.1, 0.15) is 18.2 Å². The lowest BCUT2D eigenvalue weighted by atomic mass is 10.0. The van der Waals surface area contributed by atoms with Crippen LogP contribution in [0.3, 0.4) is 0 Å². The van der Waals surface area contributed by atoms with Gasteiger partial charge in [0, 0.05) is 45.2 Å². The highest BCUT2D eigenvalue weighted by Gasteiger charge is 2.44. The number of halogens is 2. The Labute approximate surface area is 230 Å². The fraction of sp³-hybridized carbons (Fsp3) is 0.500. The summed E-state index contributed by atoms with van der Waals surface area (Å²) in [6.07, 6.45) is -0.955. The number of fused-ring (bicyclic) bond motifs is 1. The van der Waals surface area contributed by atoms with Crippen LogP contribution in [0.1, 0.15) is 58.8 Å². The molecule has 0 unspecified atom stereocenters. The first-order valence-electron chi connectivity index (χ1n) is 13.0. The summed E-state index contributed by atoms with van der Waals surface area (Å²) in [6, 6.07) is 7.66. The van der Waals surface area contributed by atoms with Crippen molar-refractivity contribution in [3.63, 3.8) is 0 Å². The molecule has 1 aliphatic carbocycles. The van der Waals surface area contributed by atoms with Gasteiger partial charge in [0.2, 0.25) is 5.88 Å².